The Bertz CT molecular complexity index is 1190. The summed E-state index contributed by atoms with van der Waals surface area (Å²) in [6, 6.07) is 5.51. The summed E-state index contributed by atoms with van der Waals surface area (Å²) in [6.45, 7) is 7.72. The molecule has 32 heavy (non-hydrogen) atoms. The van der Waals surface area contributed by atoms with Gasteiger partial charge in [0.15, 0.2) is 0 Å². The second-order valence-corrected chi connectivity index (χ2v) is 9.66. The highest BCUT2D eigenvalue weighted by molar-refractivity contribution is 7.20. The second kappa shape index (κ2) is 9.20. The van der Waals surface area contributed by atoms with Crippen LogP contribution < -0.4 is 10.9 Å². The van der Waals surface area contributed by atoms with E-state index in [1.807, 2.05) is 23.1 Å². The number of aromatic nitrogens is 3. The number of aryl methyl sites for hydroxylation is 1. The lowest BCUT2D eigenvalue weighted by Gasteiger charge is -2.35. The fourth-order valence-corrected chi connectivity index (χ4v) is 5.41. The molecule has 0 saturated carbocycles. The van der Waals surface area contributed by atoms with E-state index >= 15 is 0 Å². The summed E-state index contributed by atoms with van der Waals surface area (Å²) < 4.78 is 1.35. The molecular formula is C23H27N5O3S. The summed E-state index contributed by atoms with van der Waals surface area (Å²) >= 11 is 1.19. The van der Waals surface area contributed by atoms with Gasteiger partial charge in [0.25, 0.3) is 11.5 Å². The summed E-state index contributed by atoms with van der Waals surface area (Å²) in [5.74, 6) is 0.555. The molecular weight excluding hydrogens is 426 g/mol. The number of thiophene rings is 1. The highest BCUT2D eigenvalue weighted by atomic mass is 32.1. The van der Waals surface area contributed by atoms with Gasteiger partial charge in [-0.1, -0.05) is 19.9 Å². The Balaban J connectivity index is 1.53. The number of nitrogens with one attached hydrogen (secondary N) is 1. The van der Waals surface area contributed by atoms with Gasteiger partial charge in [-0.3, -0.25) is 23.9 Å². The van der Waals surface area contributed by atoms with Gasteiger partial charge in [0.05, 0.1) is 28.8 Å². The maximum atomic E-state index is 13.1. The minimum absolute atomic E-state index is 0.0439. The van der Waals surface area contributed by atoms with Crippen molar-refractivity contribution in [2.24, 2.45) is 11.8 Å². The number of hydrogen-bond donors (Lipinski definition) is 1. The first-order valence-corrected chi connectivity index (χ1v) is 11.6. The van der Waals surface area contributed by atoms with E-state index in [0.717, 1.165) is 12.1 Å². The van der Waals surface area contributed by atoms with Crippen molar-refractivity contribution in [3.05, 3.63) is 57.2 Å². The summed E-state index contributed by atoms with van der Waals surface area (Å²) in [7, 11) is 0. The van der Waals surface area contributed by atoms with E-state index in [-0.39, 0.29) is 23.9 Å². The van der Waals surface area contributed by atoms with Crippen molar-refractivity contribution in [3.8, 4) is 0 Å². The number of hydrogen-bond acceptors (Lipinski definition) is 6. The molecule has 0 spiro atoms. The maximum absolute atomic E-state index is 13.1. The molecule has 3 aromatic heterocycles. The molecule has 9 heteroatoms. The van der Waals surface area contributed by atoms with Crippen LogP contribution in [-0.2, 0) is 17.9 Å². The summed E-state index contributed by atoms with van der Waals surface area (Å²) in [6.07, 6.45) is 4.19. The van der Waals surface area contributed by atoms with Crippen molar-refractivity contribution in [2.75, 3.05) is 13.1 Å². The molecule has 1 aliphatic rings. The fraction of sp³-hybridized carbons (Fsp3) is 0.435. The van der Waals surface area contributed by atoms with Crippen LogP contribution in [0.15, 0.2) is 35.5 Å². The molecule has 1 saturated heterocycles. The van der Waals surface area contributed by atoms with Crippen LogP contribution in [0.1, 0.15) is 41.2 Å². The van der Waals surface area contributed by atoms with Gasteiger partial charge < -0.3 is 10.2 Å². The molecule has 1 aliphatic heterocycles. The minimum atomic E-state index is -0.293. The monoisotopic (exact) mass is 453 g/mol. The van der Waals surface area contributed by atoms with Gasteiger partial charge in [-0.15, -0.1) is 11.3 Å². The van der Waals surface area contributed by atoms with Crippen LogP contribution >= 0.6 is 11.3 Å². The zero-order chi connectivity index (χ0) is 22.8. The molecule has 2 amide bonds. The van der Waals surface area contributed by atoms with E-state index in [4.69, 9.17) is 0 Å². The third kappa shape index (κ3) is 4.57. The first-order chi connectivity index (χ1) is 15.3. The predicted octanol–water partition coefficient (Wildman–Crippen LogP) is 2.60. The van der Waals surface area contributed by atoms with Crippen molar-refractivity contribution < 1.29 is 9.59 Å². The van der Waals surface area contributed by atoms with Crippen LogP contribution in [0.5, 0.6) is 0 Å². The lowest BCUT2D eigenvalue weighted by atomic mass is 9.92. The van der Waals surface area contributed by atoms with Crippen molar-refractivity contribution in [3.63, 3.8) is 0 Å². The minimum Gasteiger partial charge on any atom is -0.346 e. The van der Waals surface area contributed by atoms with Crippen LogP contribution in [-0.4, -0.2) is 44.3 Å². The molecule has 2 atom stereocenters. The molecule has 4 rings (SSSR count). The number of likely N-dealkylation sites (tertiary alicyclic amines) is 1. The molecule has 0 aromatic carbocycles. The second-order valence-electron chi connectivity index (χ2n) is 8.66. The molecule has 1 fully saturated rings. The van der Waals surface area contributed by atoms with Gasteiger partial charge in [-0.25, -0.2) is 4.98 Å². The predicted molar refractivity (Wildman–Crippen MR) is 124 cm³/mol. The summed E-state index contributed by atoms with van der Waals surface area (Å²) in [5, 5.41) is 3.24. The van der Waals surface area contributed by atoms with E-state index in [0.29, 0.717) is 52.1 Å². The van der Waals surface area contributed by atoms with E-state index in [1.54, 1.807) is 13.1 Å². The van der Waals surface area contributed by atoms with E-state index in [2.05, 4.69) is 29.1 Å². The molecule has 4 heterocycles. The molecule has 0 radical (unpaired) electrons. The van der Waals surface area contributed by atoms with Crippen molar-refractivity contribution in [2.45, 2.75) is 40.3 Å². The van der Waals surface area contributed by atoms with E-state index < -0.39 is 0 Å². The van der Waals surface area contributed by atoms with Gasteiger partial charge in [0.1, 0.15) is 11.4 Å². The van der Waals surface area contributed by atoms with Gasteiger partial charge in [-0.05, 0) is 42.9 Å². The number of fused-ring (bicyclic) bond motifs is 1. The molecule has 0 aliphatic carbocycles. The topological polar surface area (TPSA) is 97.2 Å². The lowest BCUT2D eigenvalue weighted by Crippen LogP contribution is -2.44. The number of nitrogens with zero attached hydrogens (tertiary/aromatic N) is 4. The highest BCUT2D eigenvalue weighted by Gasteiger charge is 2.26. The Hall–Kier alpha value is -3.07. The average molecular weight is 454 g/mol. The standard InChI is InChI=1S/C23H27N5O3S/c1-14-8-15(2)11-27(10-14)18(29)12-28-13-26-22-19(23(28)31)16(3)20(32-22)21(30)25-9-17-6-4-5-7-24-17/h4-7,13-15H,8-12H2,1-3H3,(H,25,30). The summed E-state index contributed by atoms with van der Waals surface area (Å²) in [4.78, 5) is 50.0. The van der Waals surface area contributed by atoms with Gasteiger partial charge in [0, 0.05) is 19.3 Å². The molecule has 168 valence electrons. The zero-order valence-electron chi connectivity index (χ0n) is 18.5. The first kappa shape index (κ1) is 22.1. The maximum Gasteiger partial charge on any atom is 0.262 e. The normalized spacial score (nSPS) is 18.7. The third-order valence-electron chi connectivity index (χ3n) is 5.81. The van der Waals surface area contributed by atoms with Crippen LogP contribution in [0.25, 0.3) is 10.2 Å². The largest absolute Gasteiger partial charge is 0.346 e. The van der Waals surface area contributed by atoms with Gasteiger partial charge in [0.2, 0.25) is 5.91 Å². The summed E-state index contributed by atoms with van der Waals surface area (Å²) in [5.41, 5.74) is 1.04. The number of carbonyl (C=O) groups excluding carboxylic acids is 2. The lowest BCUT2D eigenvalue weighted by molar-refractivity contribution is -0.134. The van der Waals surface area contributed by atoms with Crippen LogP contribution in [0.4, 0.5) is 0 Å². The zero-order valence-corrected chi connectivity index (χ0v) is 19.3. The smallest absolute Gasteiger partial charge is 0.262 e. The average Bonchev–Trinajstić information content (AvgIpc) is 3.11. The third-order valence-corrected chi connectivity index (χ3v) is 7.01. The van der Waals surface area contributed by atoms with Crippen LogP contribution in [0.3, 0.4) is 0 Å². The van der Waals surface area contributed by atoms with E-state index in [9.17, 15) is 14.4 Å². The molecule has 0 bridgehead atoms. The van der Waals surface area contributed by atoms with Crippen molar-refractivity contribution >= 4 is 33.4 Å². The Morgan fingerprint density at radius 3 is 2.62 bits per heavy atom. The Labute approximate surface area is 190 Å². The van der Waals surface area contributed by atoms with Crippen molar-refractivity contribution in [1.29, 1.82) is 0 Å². The number of piperidine rings is 1. The number of carbonyl (C=O) groups is 2. The Kier molecular flexibility index (Phi) is 6.36. The number of rotatable bonds is 5. The SMILES string of the molecule is Cc1c(C(=O)NCc2ccccn2)sc2ncn(CC(=O)N3CC(C)CC(C)C3)c(=O)c12. The number of pyridine rings is 1. The Morgan fingerprint density at radius 2 is 1.94 bits per heavy atom. The molecule has 2 unspecified atom stereocenters. The van der Waals surface area contributed by atoms with Gasteiger partial charge >= 0.3 is 0 Å². The van der Waals surface area contributed by atoms with E-state index in [1.165, 1.54) is 22.2 Å². The number of amides is 2. The molecule has 3 aromatic rings. The van der Waals surface area contributed by atoms with Crippen LogP contribution in [0.2, 0.25) is 0 Å². The van der Waals surface area contributed by atoms with Crippen molar-refractivity contribution in [1.82, 2.24) is 24.8 Å². The first-order valence-electron chi connectivity index (χ1n) is 10.8. The van der Waals surface area contributed by atoms with Gasteiger partial charge in [-0.2, -0.15) is 0 Å². The molecule has 8 nitrogen and oxygen atoms in total. The molecule has 1 N–H and O–H groups in total. The highest BCUT2D eigenvalue weighted by Crippen LogP contribution is 2.27. The Morgan fingerprint density at radius 1 is 1.19 bits per heavy atom. The fourth-order valence-electron chi connectivity index (χ4n) is 4.35. The van der Waals surface area contributed by atoms with Crippen LogP contribution in [0, 0.1) is 18.8 Å². The quantitative estimate of drug-likeness (QED) is 0.640.